The van der Waals surface area contributed by atoms with Gasteiger partial charge in [0.1, 0.15) is 5.78 Å². The molecule has 0 aromatic rings. The third-order valence-electron chi connectivity index (χ3n) is 8.97. The van der Waals surface area contributed by atoms with Crippen molar-refractivity contribution in [1.29, 1.82) is 0 Å². The fourth-order valence-electron chi connectivity index (χ4n) is 7.90. The second-order valence-corrected chi connectivity index (χ2v) is 10.3. The molecule has 0 aromatic heterocycles. The Labute approximate surface area is 153 Å². The fraction of sp³-hybridized carbons (Fsp3) is 0.870. The van der Waals surface area contributed by atoms with Crippen LogP contribution in [0.25, 0.3) is 0 Å². The lowest BCUT2D eigenvalue weighted by Gasteiger charge is -2.56. The van der Waals surface area contributed by atoms with E-state index in [2.05, 4.69) is 13.5 Å². The monoisotopic (exact) mass is 344 g/mol. The molecular weight excluding hydrogens is 308 g/mol. The van der Waals surface area contributed by atoms with Crippen molar-refractivity contribution in [3.8, 4) is 0 Å². The summed E-state index contributed by atoms with van der Waals surface area (Å²) in [5.41, 5.74) is -0.180. The van der Waals surface area contributed by atoms with E-state index in [1.54, 1.807) is 6.08 Å². The van der Waals surface area contributed by atoms with E-state index in [0.717, 1.165) is 48.9 Å². The van der Waals surface area contributed by atoms with Gasteiger partial charge >= 0.3 is 0 Å². The van der Waals surface area contributed by atoms with Gasteiger partial charge in [-0.1, -0.05) is 13.0 Å². The number of carbonyl (C=O) groups is 1. The largest absolute Gasteiger partial charge is 0.390 e. The van der Waals surface area contributed by atoms with Gasteiger partial charge in [-0.05, 0) is 99.7 Å². The first kappa shape index (κ1) is 17.8. The van der Waals surface area contributed by atoms with Crippen molar-refractivity contribution in [2.75, 3.05) is 0 Å². The third kappa shape index (κ3) is 2.83. The van der Waals surface area contributed by atoms with Crippen LogP contribution in [0.4, 0.5) is 0 Å². The van der Waals surface area contributed by atoms with Crippen LogP contribution in [0.1, 0.15) is 78.1 Å². The predicted octanol–water partition coefficient (Wildman–Crippen LogP) is 5.15. The topological polar surface area (TPSA) is 37.3 Å². The molecule has 2 nitrogen and oxygen atoms in total. The van der Waals surface area contributed by atoms with E-state index >= 15 is 0 Å². The van der Waals surface area contributed by atoms with Gasteiger partial charge in [0.25, 0.3) is 0 Å². The summed E-state index contributed by atoms with van der Waals surface area (Å²) < 4.78 is 0. The van der Waals surface area contributed by atoms with Crippen molar-refractivity contribution in [3.05, 3.63) is 12.7 Å². The lowest BCUT2D eigenvalue weighted by atomic mass is 9.49. The molecule has 0 heterocycles. The Morgan fingerprint density at radius 2 is 1.80 bits per heavy atom. The molecule has 2 heteroatoms. The van der Waals surface area contributed by atoms with Crippen molar-refractivity contribution in [2.24, 2.45) is 40.9 Å². The van der Waals surface area contributed by atoms with Crippen LogP contribution in [0.15, 0.2) is 12.7 Å². The average molecular weight is 345 g/mol. The molecule has 140 valence electrons. The van der Waals surface area contributed by atoms with Crippen molar-refractivity contribution in [3.63, 3.8) is 0 Å². The first-order valence-corrected chi connectivity index (χ1v) is 10.7. The minimum Gasteiger partial charge on any atom is -0.390 e. The van der Waals surface area contributed by atoms with Gasteiger partial charge in [0.15, 0.2) is 0 Å². The molecule has 0 radical (unpaired) electrons. The summed E-state index contributed by atoms with van der Waals surface area (Å²) in [4.78, 5) is 12.7. The zero-order chi connectivity index (χ0) is 17.8. The number of allylic oxidation sites excluding steroid dienone is 1. The molecule has 0 spiro atoms. The minimum atomic E-state index is -0.424. The van der Waals surface area contributed by atoms with Gasteiger partial charge in [-0.15, -0.1) is 6.58 Å². The Kier molecular flexibility index (Phi) is 4.42. The fourth-order valence-corrected chi connectivity index (χ4v) is 7.90. The summed E-state index contributed by atoms with van der Waals surface area (Å²) in [6.45, 7) is 8.26. The highest BCUT2D eigenvalue weighted by atomic mass is 16.3. The van der Waals surface area contributed by atoms with E-state index in [9.17, 15) is 9.90 Å². The number of fused-ring (bicyclic) bond motifs is 5. The average Bonchev–Trinajstić information content (AvgIpc) is 2.91. The number of Topliss-reactive ketones (excluding diaryl/α,β-unsaturated/α-hetero) is 1. The molecule has 4 aliphatic rings. The number of rotatable bonds is 3. The van der Waals surface area contributed by atoms with Gasteiger partial charge in [-0.25, -0.2) is 0 Å². The highest BCUT2D eigenvalue weighted by molar-refractivity contribution is 5.83. The van der Waals surface area contributed by atoms with E-state index < -0.39 is 5.60 Å². The second kappa shape index (κ2) is 6.22. The first-order valence-electron chi connectivity index (χ1n) is 10.7. The van der Waals surface area contributed by atoms with E-state index in [1.165, 1.54) is 38.5 Å². The summed E-state index contributed by atoms with van der Waals surface area (Å²) in [6, 6.07) is 0. The number of aliphatic hydroxyl groups is 1. The van der Waals surface area contributed by atoms with Crippen molar-refractivity contribution in [1.82, 2.24) is 0 Å². The first-order chi connectivity index (χ1) is 11.9. The van der Waals surface area contributed by atoms with Gasteiger partial charge in [-0.3, -0.25) is 4.79 Å². The van der Waals surface area contributed by atoms with E-state index in [4.69, 9.17) is 0 Å². The SMILES string of the molecule is C=CCC(=O)[C@H]1CC[C@H]2[C@@H]3CC[C@@H]4C[C@](C)(O)CC[C@@H]4[C@H]3CC[C@]12C. The van der Waals surface area contributed by atoms with Gasteiger partial charge in [-0.2, -0.15) is 0 Å². The van der Waals surface area contributed by atoms with E-state index in [1.807, 2.05) is 6.92 Å². The van der Waals surface area contributed by atoms with Crippen molar-refractivity contribution in [2.45, 2.75) is 83.7 Å². The molecule has 0 unspecified atom stereocenters. The molecule has 0 bridgehead atoms. The molecule has 4 fully saturated rings. The molecule has 0 aromatic carbocycles. The summed E-state index contributed by atoms with van der Waals surface area (Å²) in [5, 5.41) is 10.5. The maximum Gasteiger partial charge on any atom is 0.140 e. The quantitative estimate of drug-likeness (QED) is 0.719. The number of ketones is 1. The molecule has 0 saturated heterocycles. The van der Waals surface area contributed by atoms with Crippen LogP contribution in [0.5, 0.6) is 0 Å². The smallest absolute Gasteiger partial charge is 0.140 e. The van der Waals surface area contributed by atoms with Gasteiger partial charge in [0.05, 0.1) is 5.60 Å². The Balaban J connectivity index is 1.53. The highest BCUT2D eigenvalue weighted by Crippen LogP contribution is 2.64. The van der Waals surface area contributed by atoms with Crippen LogP contribution in [0.3, 0.4) is 0 Å². The molecule has 4 aliphatic carbocycles. The standard InChI is InChI=1S/C23H36O2/c1-4-5-21(24)20-9-8-19-18-7-6-15-14-22(2,25)12-10-16(15)17(18)11-13-23(19,20)3/h4,15-20,25H,1,5-14H2,2-3H3/t15-,16+,17-,18-,19+,20-,22-,23+/m1/s1. The van der Waals surface area contributed by atoms with E-state index in [-0.39, 0.29) is 11.3 Å². The van der Waals surface area contributed by atoms with Crippen molar-refractivity contribution >= 4 is 5.78 Å². The van der Waals surface area contributed by atoms with Crippen LogP contribution in [-0.4, -0.2) is 16.5 Å². The second-order valence-electron chi connectivity index (χ2n) is 10.3. The molecule has 0 aliphatic heterocycles. The molecule has 0 amide bonds. The molecule has 8 atom stereocenters. The summed E-state index contributed by atoms with van der Waals surface area (Å²) >= 11 is 0. The van der Waals surface area contributed by atoms with Crippen LogP contribution in [0, 0.1) is 40.9 Å². The lowest BCUT2D eigenvalue weighted by Crippen LogP contribution is -2.51. The maximum atomic E-state index is 12.7. The molecular formula is C23H36O2. The van der Waals surface area contributed by atoms with Crippen LogP contribution >= 0.6 is 0 Å². The lowest BCUT2D eigenvalue weighted by molar-refractivity contribution is -0.131. The van der Waals surface area contributed by atoms with Gasteiger partial charge < -0.3 is 5.11 Å². The Morgan fingerprint density at radius 1 is 1.04 bits per heavy atom. The predicted molar refractivity (Wildman–Crippen MR) is 101 cm³/mol. The normalized spacial score (nSPS) is 52.0. The maximum absolute atomic E-state index is 12.7. The van der Waals surface area contributed by atoms with E-state index in [0.29, 0.717) is 12.2 Å². The molecule has 25 heavy (non-hydrogen) atoms. The van der Waals surface area contributed by atoms with Crippen LogP contribution < -0.4 is 0 Å². The minimum absolute atomic E-state index is 0.244. The Bertz CT molecular complexity index is 550. The highest BCUT2D eigenvalue weighted by Gasteiger charge is 2.58. The number of hydrogen-bond acceptors (Lipinski definition) is 2. The zero-order valence-corrected chi connectivity index (χ0v) is 16.2. The van der Waals surface area contributed by atoms with Crippen LogP contribution in [0.2, 0.25) is 0 Å². The zero-order valence-electron chi connectivity index (χ0n) is 16.2. The van der Waals surface area contributed by atoms with Crippen molar-refractivity contribution < 1.29 is 9.90 Å². The third-order valence-corrected chi connectivity index (χ3v) is 8.97. The summed E-state index contributed by atoms with van der Waals surface area (Å²) in [6.07, 6.45) is 13.2. The summed E-state index contributed by atoms with van der Waals surface area (Å²) in [7, 11) is 0. The van der Waals surface area contributed by atoms with Crippen LogP contribution in [-0.2, 0) is 4.79 Å². The van der Waals surface area contributed by atoms with Gasteiger partial charge in [0, 0.05) is 12.3 Å². The Hall–Kier alpha value is -0.630. The summed E-state index contributed by atoms with van der Waals surface area (Å²) in [5.74, 6) is 4.77. The molecule has 1 N–H and O–H groups in total. The molecule has 4 rings (SSSR count). The number of carbonyl (C=O) groups excluding carboxylic acids is 1. The number of hydrogen-bond donors (Lipinski definition) is 1. The molecule has 4 saturated carbocycles. The van der Waals surface area contributed by atoms with Gasteiger partial charge in [0.2, 0.25) is 0 Å². The Morgan fingerprint density at radius 3 is 2.56 bits per heavy atom.